The third kappa shape index (κ3) is 11.5. The van der Waals surface area contributed by atoms with Gasteiger partial charge in [0.15, 0.2) is 0 Å². The van der Waals surface area contributed by atoms with Crippen LogP contribution in [0.3, 0.4) is 0 Å². The van der Waals surface area contributed by atoms with E-state index in [1.165, 1.54) is 0 Å². The van der Waals surface area contributed by atoms with Crippen LogP contribution in [0.1, 0.15) is 0 Å². The van der Waals surface area contributed by atoms with Gasteiger partial charge in [0.2, 0.25) is 0 Å². The summed E-state index contributed by atoms with van der Waals surface area (Å²) in [5.41, 5.74) is 0. The molecule has 4 rings (SSSR count). The maximum atomic E-state index is 3.78. The van der Waals surface area contributed by atoms with E-state index in [0.29, 0.717) is 0 Å². The van der Waals surface area contributed by atoms with E-state index >= 15 is 0 Å². The largest absolute Gasteiger partial charge is 0.351 e. The topological polar surface area (TPSA) is 112 Å². The number of pyridine rings is 1. The highest BCUT2D eigenvalue weighted by molar-refractivity contribution is 4.88. The van der Waals surface area contributed by atoms with Crippen LogP contribution in [-0.2, 0) is 0 Å². The lowest BCUT2D eigenvalue weighted by Gasteiger charge is -1.70. The van der Waals surface area contributed by atoms with Gasteiger partial charge in [-0.1, -0.05) is 6.07 Å². The number of imidazole rings is 1. The molecule has 4 heterocycles. The molecule has 0 atom stereocenters. The van der Waals surface area contributed by atoms with Crippen LogP contribution in [0.4, 0.5) is 0 Å². The number of rotatable bonds is 0. The maximum Gasteiger partial charge on any atom is 0.0919 e. The van der Waals surface area contributed by atoms with Crippen LogP contribution in [0.5, 0.6) is 0 Å². The molecule has 0 bridgehead atoms. The summed E-state index contributed by atoms with van der Waals surface area (Å²) in [6, 6.07) is 7.55. The van der Waals surface area contributed by atoms with Gasteiger partial charge in [-0.2, -0.15) is 20.5 Å². The first-order valence-corrected chi connectivity index (χ1v) is 6.01. The highest BCUT2D eigenvalue weighted by Gasteiger charge is 1.59. The van der Waals surface area contributed by atoms with E-state index in [4.69, 9.17) is 0 Å². The molecule has 3 N–H and O–H groups in total. The molecule has 0 unspecified atom stereocenters. The minimum atomic E-state index is 1.58. The van der Waals surface area contributed by atoms with Gasteiger partial charge in [0.25, 0.3) is 0 Å². The monoisotopic (exact) mass is 284 g/mol. The van der Waals surface area contributed by atoms with Crippen molar-refractivity contribution in [2.75, 3.05) is 0 Å². The van der Waals surface area contributed by atoms with Crippen molar-refractivity contribution in [1.29, 1.82) is 0 Å². The summed E-state index contributed by atoms with van der Waals surface area (Å²) < 4.78 is 0. The Morgan fingerprint density at radius 3 is 1.57 bits per heavy atom. The van der Waals surface area contributed by atoms with Crippen LogP contribution in [-0.4, -0.2) is 40.6 Å². The predicted molar refractivity (Wildman–Crippen MR) is 77.8 cm³/mol. The molecule has 0 aliphatic carbocycles. The minimum absolute atomic E-state index is 1.58. The molecule has 8 heteroatoms. The molecule has 0 saturated heterocycles. The highest BCUT2D eigenvalue weighted by atomic mass is 15.3. The Bertz CT molecular complexity index is 419. The lowest BCUT2D eigenvalue weighted by atomic mass is 10.5. The van der Waals surface area contributed by atoms with Gasteiger partial charge >= 0.3 is 0 Å². The lowest BCUT2D eigenvalue weighted by Crippen LogP contribution is -1.61. The Morgan fingerprint density at radius 2 is 1.38 bits per heavy atom. The van der Waals surface area contributed by atoms with Gasteiger partial charge in [0.05, 0.1) is 18.7 Å². The Labute approximate surface area is 121 Å². The van der Waals surface area contributed by atoms with Crippen LogP contribution in [0.2, 0.25) is 0 Å². The van der Waals surface area contributed by atoms with E-state index in [-0.39, 0.29) is 0 Å². The van der Waals surface area contributed by atoms with Gasteiger partial charge in [-0.15, -0.1) is 0 Å². The van der Waals surface area contributed by atoms with Gasteiger partial charge in [-0.25, -0.2) is 4.98 Å². The molecule has 0 saturated carbocycles. The third-order valence-electron chi connectivity index (χ3n) is 1.71. The van der Waals surface area contributed by atoms with Gasteiger partial charge < -0.3 is 4.98 Å². The fourth-order valence-corrected chi connectivity index (χ4v) is 0.910. The van der Waals surface area contributed by atoms with E-state index in [1.807, 2.05) is 24.3 Å². The van der Waals surface area contributed by atoms with Gasteiger partial charge in [-0.3, -0.25) is 10.1 Å². The number of hydrogen-bond donors (Lipinski definition) is 3. The summed E-state index contributed by atoms with van der Waals surface area (Å²) in [5.74, 6) is 0. The van der Waals surface area contributed by atoms with Crippen molar-refractivity contribution in [1.82, 2.24) is 40.6 Å². The van der Waals surface area contributed by atoms with E-state index in [2.05, 4.69) is 40.6 Å². The standard InChI is InChI=1S/C5H5N.2C3H4N2.C2H3N3/c1-2-4-6-5-3-1;1-2-5-3-4-1;2*1-2-4-5-3-1/h1-5H;2*1-3H,(H,4,5);1-2H,(H,3,4,5). The molecular weight excluding hydrogens is 268 g/mol. The van der Waals surface area contributed by atoms with Crippen molar-refractivity contribution in [3.8, 4) is 0 Å². The minimum Gasteiger partial charge on any atom is -0.351 e. The fourth-order valence-electron chi connectivity index (χ4n) is 0.910. The molecule has 4 aromatic rings. The number of aromatic nitrogens is 8. The molecule has 0 aliphatic heterocycles. The van der Waals surface area contributed by atoms with Gasteiger partial charge in [-0.05, 0) is 18.2 Å². The zero-order chi connectivity index (χ0) is 14.8. The zero-order valence-electron chi connectivity index (χ0n) is 11.2. The summed E-state index contributed by atoms with van der Waals surface area (Å²) in [6.07, 6.45) is 15.2. The maximum absolute atomic E-state index is 3.78. The summed E-state index contributed by atoms with van der Waals surface area (Å²) >= 11 is 0. The molecule has 0 amide bonds. The second-order valence-electron chi connectivity index (χ2n) is 3.21. The Morgan fingerprint density at radius 1 is 0.571 bits per heavy atom. The van der Waals surface area contributed by atoms with Crippen LogP contribution in [0.15, 0.2) is 80.2 Å². The van der Waals surface area contributed by atoms with Crippen LogP contribution >= 0.6 is 0 Å². The molecule has 0 aliphatic rings. The van der Waals surface area contributed by atoms with Crippen molar-refractivity contribution < 1.29 is 0 Å². The molecule has 8 nitrogen and oxygen atoms in total. The number of H-pyrrole nitrogens is 3. The van der Waals surface area contributed by atoms with Crippen LogP contribution in [0, 0.1) is 0 Å². The first-order chi connectivity index (χ1) is 10.5. The summed E-state index contributed by atoms with van der Waals surface area (Å²) in [6.45, 7) is 0. The smallest absolute Gasteiger partial charge is 0.0919 e. The van der Waals surface area contributed by atoms with Crippen LogP contribution < -0.4 is 0 Å². The van der Waals surface area contributed by atoms with Crippen molar-refractivity contribution in [2.24, 2.45) is 0 Å². The number of nitrogens with zero attached hydrogens (tertiary/aromatic N) is 5. The molecule has 0 radical (unpaired) electrons. The Hall–Kier alpha value is -3.29. The fraction of sp³-hybridized carbons (Fsp3) is 0. The summed E-state index contributed by atoms with van der Waals surface area (Å²) in [4.78, 5) is 10.2. The Kier molecular flexibility index (Phi) is 9.87. The number of hydrogen-bond acceptors (Lipinski definition) is 5. The SMILES string of the molecule is c1c[nH]cn1.c1ccncc1.c1cn[nH]c1.c1cn[nH]n1. The van der Waals surface area contributed by atoms with Crippen molar-refractivity contribution in [3.05, 3.63) is 80.2 Å². The first kappa shape index (κ1) is 15.8. The second-order valence-corrected chi connectivity index (χ2v) is 3.21. The predicted octanol–water partition coefficient (Wildman–Crippen LogP) is 1.71. The summed E-state index contributed by atoms with van der Waals surface area (Å²) in [5, 5.41) is 15.5. The van der Waals surface area contributed by atoms with Crippen LogP contribution in [0.25, 0.3) is 0 Å². The lowest BCUT2D eigenvalue weighted by molar-refractivity contribution is 0.940. The third-order valence-corrected chi connectivity index (χ3v) is 1.71. The number of nitrogens with one attached hydrogen (secondary N) is 3. The van der Waals surface area contributed by atoms with Crippen molar-refractivity contribution in [2.45, 2.75) is 0 Å². The average molecular weight is 284 g/mol. The molecule has 4 aromatic heterocycles. The average Bonchev–Trinajstić information content (AvgIpc) is 3.38. The van der Waals surface area contributed by atoms with E-state index in [9.17, 15) is 0 Å². The molecule has 0 spiro atoms. The molecule has 21 heavy (non-hydrogen) atoms. The normalized spacial score (nSPS) is 8.00. The van der Waals surface area contributed by atoms with Gasteiger partial charge in [0.1, 0.15) is 0 Å². The van der Waals surface area contributed by atoms with Crippen molar-refractivity contribution in [3.63, 3.8) is 0 Å². The highest BCUT2D eigenvalue weighted by Crippen LogP contribution is 1.73. The van der Waals surface area contributed by atoms with E-state index in [0.717, 1.165) is 0 Å². The van der Waals surface area contributed by atoms with E-state index in [1.54, 1.807) is 55.9 Å². The van der Waals surface area contributed by atoms with E-state index < -0.39 is 0 Å². The van der Waals surface area contributed by atoms with Crippen molar-refractivity contribution >= 4 is 0 Å². The first-order valence-electron chi connectivity index (χ1n) is 6.01. The molecule has 0 aromatic carbocycles. The quantitative estimate of drug-likeness (QED) is 0.455. The molecular formula is C13H16N8. The molecule has 108 valence electrons. The molecule has 0 fully saturated rings. The second kappa shape index (κ2) is 13.1. The number of aromatic amines is 3. The summed E-state index contributed by atoms with van der Waals surface area (Å²) in [7, 11) is 0. The Balaban J connectivity index is 0.000000140. The van der Waals surface area contributed by atoms with Gasteiger partial charge in [0, 0.05) is 37.2 Å². The zero-order valence-corrected chi connectivity index (χ0v) is 11.2.